The Morgan fingerprint density at radius 2 is 1.65 bits per heavy atom. The first-order valence-corrected chi connectivity index (χ1v) is 8.95. The Kier molecular flexibility index (Phi) is 5.23. The molecule has 26 heavy (non-hydrogen) atoms. The van der Waals surface area contributed by atoms with Crippen LogP contribution in [0.15, 0.2) is 65.7 Å². The number of aliphatic imine (C=N–C) groups is 1. The Bertz CT molecular complexity index is 788. The number of carbonyl (C=O) groups excluding carboxylic acids is 1. The van der Waals surface area contributed by atoms with Gasteiger partial charge in [-0.1, -0.05) is 67.6 Å². The highest BCUT2D eigenvalue weighted by molar-refractivity contribution is 6.10. The molecule has 4 nitrogen and oxygen atoms in total. The highest BCUT2D eigenvalue weighted by Gasteiger charge is 2.50. The van der Waals surface area contributed by atoms with Gasteiger partial charge in [-0.3, -0.25) is 4.99 Å². The van der Waals surface area contributed by atoms with Crippen LogP contribution in [0.3, 0.4) is 0 Å². The normalized spacial score (nSPS) is 25.5. The van der Waals surface area contributed by atoms with Crippen LogP contribution in [-0.4, -0.2) is 36.5 Å². The predicted octanol–water partition coefficient (Wildman–Crippen LogP) is 3.83. The van der Waals surface area contributed by atoms with Gasteiger partial charge in [0.25, 0.3) is 0 Å². The first-order chi connectivity index (χ1) is 12.5. The summed E-state index contributed by atoms with van der Waals surface area (Å²) in [5.41, 5.74) is 0.961. The SMILES string of the molecule is CC[C@]1(Cc2ccccc2)N=C(c2ccccc2)[C@](C)(COC)OC1=O. The third-order valence-electron chi connectivity index (χ3n) is 4.92. The molecule has 0 radical (unpaired) electrons. The number of benzene rings is 2. The number of rotatable bonds is 6. The van der Waals surface area contributed by atoms with Crippen molar-refractivity contribution < 1.29 is 14.3 Å². The average molecular weight is 351 g/mol. The quantitative estimate of drug-likeness (QED) is 0.743. The van der Waals surface area contributed by atoms with Gasteiger partial charge in [0.05, 0.1) is 12.3 Å². The molecule has 2 aromatic rings. The van der Waals surface area contributed by atoms with Gasteiger partial charge in [-0.25, -0.2) is 4.79 Å². The summed E-state index contributed by atoms with van der Waals surface area (Å²) < 4.78 is 11.3. The van der Waals surface area contributed by atoms with Gasteiger partial charge in [-0.2, -0.15) is 0 Å². The maximum atomic E-state index is 13.0. The van der Waals surface area contributed by atoms with E-state index in [0.717, 1.165) is 16.8 Å². The molecule has 0 amide bonds. The molecule has 0 N–H and O–H groups in total. The smallest absolute Gasteiger partial charge is 0.335 e. The minimum absolute atomic E-state index is 0.262. The molecule has 0 saturated heterocycles. The second kappa shape index (κ2) is 7.42. The highest BCUT2D eigenvalue weighted by Crippen LogP contribution is 2.35. The maximum Gasteiger partial charge on any atom is 0.335 e. The van der Waals surface area contributed by atoms with E-state index in [-0.39, 0.29) is 12.6 Å². The van der Waals surface area contributed by atoms with Crippen molar-refractivity contribution in [3.8, 4) is 0 Å². The van der Waals surface area contributed by atoms with Crippen LogP contribution in [0.2, 0.25) is 0 Å². The molecule has 0 spiro atoms. The van der Waals surface area contributed by atoms with Crippen LogP contribution in [0.5, 0.6) is 0 Å². The Labute approximate surface area is 154 Å². The molecule has 2 aromatic carbocycles. The highest BCUT2D eigenvalue weighted by atomic mass is 16.6. The van der Waals surface area contributed by atoms with Crippen LogP contribution < -0.4 is 0 Å². The van der Waals surface area contributed by atoms with Crippen LogP contribution in [0, 0.1) is 0 Å². The van der Waals surface area contributed by atoms with Gasteiger partial charge in [0.2, 0.25) is 0 Å². The van der Waals surface area contributed by atoms with Crippen LogP contribution in [-0.2, 0) is 20.7 Å². The van der Waals surface area contributed by atoms with Crippen molar-refractivity contribution in [1.82, 2.24) is 0 Å². The Balaban J connectivity index is 2.11. The van der Waals surface area contributed by atoms with E-state index >= 15 is 0 Å². The van der Waals surface area contributed by atoms with Crippen molar-refractivity contribution in [2.45, 2.75) is 37.8 Å². The van der Waals surface area contributed by atoms with E-state index in [1.165, 1.54) is 0 Å². The molecule has 0 fully saturated rings. The van der Waals surface area contributed by atoms with Gasteiger partial charge < -0.3 is 9.47 Å². The molecule has 0 bridgehead atoms. The fraction of sp³-hybridized carbons (Fsp3) is 0.364. The van der Waals surface area contributed by atoms with Gasteiger partial charge in [0.15, 0.2) is 11.1 Å². The van der Waals surface area contributed by atoms with Crippen LogP contribution in [0.25, 0.3) is 0 Å². The monoisotopic (exact) mass is 351 g/mol. The zero-order valence-electron chi connectivity index (χ0n) is 15.6. The fourth-order valence-corrected chi connectivity index (χ4v) is 3.46. The van der Waals surface area contributed by atoms with Crippen molar-refractivity contribution in [1.29, 1.82) is 0 Å². The molecule has 0 aromatic heterocycles. The van der Waals surface area contributed by atoms with Crippen LogP contribution in [0.1, 0.15) is 31.4 Å². The van der Waals surface area contributed by atoms with E-state index in [9.17, 15) is 4.79 Å². The van der Waals surface area contributed by atoms with Gasteiger partial charge in [-0.15, -0.1) is 0 Å². The summed E-state index contributed by atoms with van der Waals surface area (Å²) in [6.07, 6.45) is 1.09. The number of carbonyl (C=O) groups is 1. The van der Waals surface area contributed by atoms with E-state index in [1.54, 1.807) is 7.11 Å². The number of ether oxygens (including phenoxy) is 2. The number of nitrogens with zero attached hydrogens (tertiary/aromatic N) is 1. The molecule has 1 heterocycles. The van der Waals surface area contributed by atoms with E-state index in [1.807, 2.05) is 74.5 Å². The number of esters is 1. The zero-order valence-corrected chi connectivity index (χ0v) is 15.6. The molecule has 136 valence electrons. The van der Waals surface area contributed by atoms with Gasteiger partial charge >= 0.3 is 5.97 Å². The summed E-state index contributed by atoms with van der Waals surface area (Å²) in [6, 6.07) is 19.8. The number of hydrogen-bond acceptors (Lipinski definition) is 4. The molecule has 0 saturated carbocycles. The van der Waals surface area contributed by atoms with Crippen molar-refractivity contribution in [2.24, 2.45) is 4.99 Å². The number of methoxy groups -OCH3 is 1. The summed E-state index contributed by atoms with van der Waals surface area (Å²) in [5.74, 6) is -0.289. The molecule has 3 rings (SSSR count). The second-order valence-corrected chi connectivity index (χ2v) is 6.93. The summed E-state index contributed by atoms with van der Waals surface area (Å²) in [4.78, 5) is 18.0. The lowest BCUT2D eigenvalue weighted by Crippen LogP contribution is -2.56. The van der Waals surface area contributed by atoms with Crippen LogP contribution >= 0.6 is 0 Å². The average Bonchev–Trinajstić information content (AvgIpc) is 2.66. The molecule has 0 aliphatic carbocycles. The Morgan fingerprint density at radius 3 is 2.23 bits per heavy atom. The molecule has 4 heteroatoms. The number of cyclic esters (lactones) is 1. The second-order valence-electron chi connectivity index (χ2n) is 6.93. The predicted molar refractivity (Wildman–Crippen MR) is 103 cm³/mol. The third-order valence-corrected chi connectivity index (χ3v) is 4.92. The lowest BCUT2D eigenvalue weighted by molar-refractivity contribution is -0.164. The van der Waals surface area contributed by atoms with Crippen molar-refractivity contribution in [3.05, 3.63) is 71.8 Å². The molecule has 2 atom stereocenters. The first kappa shape index (κ1) is 18.3. The van der Waals surface area contributed by atoms with E-state index in [0.29, 0.717) is 12.8 Å². The summed E-state index contributed by atoms with van der Waals surface area (Å²) in [5, 5.41) is 0. The van der Waals surface area contributed by atoms with Gasteiger partial charge in [0, 0.05) is 13.5 Å². The van der Waals surface area contributed by atoms with Gasteiger partial charge in [-0.05, 0) is 24.5 Å². The fourth-order valence-electron chi connectivity index (χ4n) is 3.46. The minimum Gasteiger partial charge on any atom is -0.449 e. The van der Waals surface area contributed by atoms with Crippen LogP contribution in [0.4, 0.5) is 0 Å². The largest absolute Gasteiger partial charge is 0.449 e. The Morgan fingerprint density at radius 1 is 1.04 bits per heavy atom. The van der Waals surface area contributed by atoms with E-state index < -0.39 is 11.1 Å². The lowest BCUT2D eigenvalue weighted by atomic mass is 9.83. The molecule has 1 aliphatic rings. The minimum atomic E-state index is -0.917. The molecular formula is C22H25NO3. The summed E-state index contributed by atoms with van der Waals surface area (Å²) in [7, 11) is 1.60. The third kappa shape index (κ3) is 3.42. The topological polar surface area (TPSA) is 47.9 Å². The van der Waals surface area contributed by atoms with Crippen molar-refractivity contribution in [3.63, 3.8) is 0 Å². The molecule has 1 aliphatic heterocycles. The summed E-state index contributed by atoms with van der Waals surface area (Å²) >= 11 is 0. The maximum absolute atomic E-state index is 13.0. The number of hydrogen-bond donors (Lipinski definition) is 0. The van der Waals surface area contributed by atoms with E-state index in [2.05, 4.69) is 0 Å². The molecule has 0 unspecified atom stereocenters. The van der Waals surface area contributed by atoms with Gasteiger partial charge in [0.1, 0.15) is 0 Å². The zero-order chi connectivity index (χ0) is 18.6. The standard InChI is InChI=1S/C22H25NO3/c1-4-22(15-17-11-7-5-8-12-17)20(24)26-21(2,16-25-3)19(23-22)18-13-9-6-10-14-18/h5-14H,4,15-16H2,1-3H3/t21-,22+/m0/s1. The van der Waals surface area contributed by atoms with Crippen molar-refractivity contribution >= 4 is 11.7 Å². The lowest BCUT2D eigenvalue weighted by Gasteiger charge is -2.41. The summed E-state index contributed by atoms with van der Waals surface area (Å²) in [6.45, 7) is 4.11. The molecular weight excluding hydrogens is 326 g/mol. The first-order valence-electron chi connectivity index (χ1n) is 8.95. The van der Waals surface area contributed by atoms with Crippen molar-refractivity contribution in [2.75, 3.05) is 13.7 Å². The Hall–Kier alpha value is -2.46. The van der Waals surface area contributed by atoms with E-state index in [4.69, 9.17) is 14.5 Å².